The van der Waals surface area contributed by atoms with Crippen LogP contribution in [0.5, 0.6) is 11.5 Å². The maximum Gasteiger partial charge on any atom is 0.232 e. The number of carbonyl (C=O) groups excluding carboxylic acids is 1. The number of likely N-dealkylation sites (tertiary alicyclic amines) is 1. The Morgan fingerprint density at radius 2 is 1.97 bits per heavy atom. The first-order chi connectivity index (χ1) is 14.1. The van der Waals surface area contributed by atoms with Gasteiger partial charge >= 0.3 is 0 Å². The van der Waals surface area contributed by atoms with Gasteiger partial charge in [0, 0.05) is 25.1 Å². The first kappa shape index (κ1) is 17.7. The zero-order valence-electron chi connectivity index (χ0n) is 16.3. The van der Waals surface area contributed by atoms with Crippen LogP contribution in [0.15, 0.2) is 40.9 Å². The van der Waals surface area contributed by atoms with E-state index in [0.29, 0.717) is 31.2 Å². The molecule has 0 spiro atoms. The maximum absolute atomic E-state index is 12.6. The molecule has 1 fully saturated rings. The Morgan fingerprint density at radius 1 is 1.10 bits per heavy atom. The Morgan fingerprint density at radius 3 is 2.86 bits per heavy atom. The average Bonchev–Trinajstić information content (AvgIpc) is 3.44. The number of carbonyl (C=O) groups is 1. The fourth-order valence-electron chi connectivity index (χ4n) is 3.84. The Hall–Kier alpha value is -3.35. The van der Waals surface area contributed by atoms with Crippen molar-refractivity contribution in [3.63, 3.8) is 0 Å². The van der Waals surface area contributed by atoms with Crippen LogP contribution in [0.4, 0.5) is 0 Å². The van der Waals surface area contributed by atoms with Crippen molar-refractivity contribution >= 4 is 5.91 Å². The van der Waals surface area contributed by atoms with Crippen molar-refractivity contribution in [2.75, 3.05) is 13.3 Å². The van der Waals surface area contributed by atoms with Crippen LogP contribution in [0.25, 0.3) is 11.4 Å². The third-order valence-corrected chi connectivity index (χ3v) is 5.45. The Balaban J connectivity index is 1.32. The number of fused-ring (bicyclic) bond motifs is 1. The molecule has 0 radical (unpaired) electrons. The third-order valence-electron chi connectivity index (χ3n) is 5.45. The summed E-state index contributed by atoms with van der Waals surface area (Å²) in [5.41, 5.74) is 4.20. The van der Waals surface area contributed by atoms with Gasteiger partial charge in [-0.1, -0.05) is 28.9 Å². The van der Waals surface area contributed by atoms with E-state index in [0.717, 1.165) is 33.8 Å². The predicted molar refractivity (Wildman–Crippen MR) is 105 cm³/mol. The summed E-state index contributed by atoms with van der Waals surface area (Å²) in [6.07, 6.45) is 0.374. The molecule has 0 bridgehead atoms. The van der Waals surface area contributed by atoms with E-state index in [9.17, 15) is 4.79 Å². The normalized spacial score (nSPS) is 17.9. The number of rotatable bonds is 4. The second-order valence-electron chi connectivity index (χ2n) is 7.64. The average molecular weight is 391 g/mol. The van der Waals surface area contributed by atoms with E-state index in [1.165, 1.54) is 0 Å². The van der Waals surface area contributed by atoms with E-state index < -0.39 is 0 Å². The number of hydrogen-bond acceptors (Lipinski definition) is 6. The number of hydrogen-bond donors (Lipinski definition) is 0. The smallest absolute Gasteiger partial charge is 0.232 e. The van der Waals surface area contributed by atoms with Crippen LogP contribution in [0.2, 0.25) is 0 Å². The first-order valence-corrected chi connectivity index (χ1v) is 9.64. The van der Waals surface area contributed by atoms with Gasteiger partial charge in [-0.05, 0) is 43.2 Å². The molecule has 1 unspecified atom stereocenters. The number of amides is 1. The molecule has 0 saturated carbocycles. The maximum atomic E-state index is 12.6. The monoisotopic (exact) mass is 391 g/mol. The third kappa shape index (κ3) is 3.33. The van der Waals surface area contributed by atoms with Crippen molar-refractivity contribution in [1.29, 1.82) is 0 Å². The van der Waals surface area contributed by atoms with E-state index in [1.54, 1.807) is 0 Å². The Bertz CT molecular complexity index is 1090. The molecule has 1 saturated heterocycles. The van der Waals surface area contributed by atoms with Gasteiger partial charge in [0.15, 0.2) is 11.5 Å². The lowest BCUT2D eigenvalue weighted by Gasteiger charge is -2.16. The lowest BCUT2D eigenvalue weighted by Crippen LogP contribution is -2.24. The second-order valence-corrected chi connectivity index (χ2v) is 7.64. The summed E-state index contributed by atoms with van der Waals surface area (Å²) in [5, 5.41) is 4.16. The fraction of sp³-hybridized carbons (Fsp3) is 0.318. The molecule has 3 heterocycles. The highest BCUT2D eigenvalue weighted by atomic mass is 16.7. The summed E-state index contributed by atoms with van der Waals surface area (Å²) in [5.74, 6) is 2.54. The molecule has 5 rings (SSSR count). The van der Waals surface area contributed by atoms with Crippen LogP contribution >= 0.6 is 0 Å². The van der Waals surface area contributed by atoms with Gasteiger partial charge < -0.3 is 18.9 Å². The first-order valence-electron chi connectivity index (χ1n) is 9.64. The van der Waals surface area contributed by atoms with Crippen LogP contribution in [0.3, 0.4) is 0 Å². The highest BCUT2D eigenvalue weighted by molar-refractivity contribution is 5.79. The van der Waals surface area contributed by atoms with Crippen LogP contribution in [0.1, 0.15) is 34.9 Å². The summed E-state index contributed by atoms with van der Waals surface area (Å²) < 4.78 is 16.3. The number of aryl methyl sites for hydroxylation is 2. The summed E-state index contributed by atoms with van der Waals surface area (Å²) in [6.45, 7) is 5.37. The molecule has 0 N–H and O–H groups in total. The van der Waals surface area contributed by atoms with Gasteiger partial charge in [0.25, 0.3) is 0 Å². The summed E-state index contributed by atoms with van der Waals surface area (Å²) in [7, 11) is 0. The van der Waals surface area contributed by atoms with Crippen molar-refractivity contribution < 1.29 is 18.8 Å². The van der Waals surface area contributed by atoms with Crippen LogP contribution in [-0.2, 0) is 11.3 Å². The van der Waals surface area contributed by atoms with Crippen LogP contribution in [-0.4, -0.2) is 34.3 Å². The highest BCUT2D eigenvalue weighted by Crippen LogP contribution is 2.34. The fourth-order valence-corrected chi connectivity index (χ4v) is 3.84. The van der Waals surface area contributed by atoms with Gasteiger partial charge in [-0.25, -0.2) is 0 Å². The highest BCUT2D eigenvalue weighted by Gasteiger charge is 2.34. The van der Waals surface area contributed by atoms with Gasteiger partial charge in [-0.15, -0.1) is 0 Å². The van der Waals surface area contributed by atoms with Gasteiger partial charge in [-0.3, -0.25) is 4.79 Å². The van der Waals surface area contributed by atoms with Crippen molar-refractivity contribution in [3.8, 4) is 22.9 Å². The standard InChI is InChI=1S/C22H21N3O4/c1-13-3-4-14(2)17(7-13)21-23-22(29-24-21)16-9-20(26)25(11-16)10-15-5-6-18-19(8-15)28-12-27-18/h3-8,16H,9-12H2,1-2H3. The number of benzene rings is 2. The summed E-state index contributed by atoms with van der Waals surface area (Å²) in [4.78, 5) is 19.0. The SMILES string of the molecule is Cc1ccc(C)c(-c2noc(C3CC(=O)N(Cc4ccc5c(c4)OCO5)C3)n2)c1. The second kappa shape index (κ2) is 6.92. The van der Waals surface area contributed by atoms with E-state index >= 15 is 0 Å². The van der Waals surface area contributed by atoms with E-state index in [4.69, 9.17) is 14.0 Å². The largest absolute Gasteiger partial charge is 0.454 e. The minimum Gasteiger partial charge on any atom is -0.454 e. The lowest BCUT2D eigenvalue weighted by molar-refractivity contribution is -0.128. The van der Waals surface area contributed by atoms with E-state index in [-0.39, 0.29) is 18.6 Å². The molecule has 3 aromatic rings. The number of aromatic nitrogens is 2. The molecule has 29 heavy (non-hydrogen) atoms. The predicted octanol–water partition coefficient (Wildman–Crippen LogP) is 3.60. The van der Waals surface area contributed by atoms with Crippen molar-refractivity contribution in [2.24, 2.45) is 0 Å². The van der Waals surface area contributed by atoms with Crippen LogP contribution in [0, 0.1) is 13.8 Å². The molecule has 7 nitrogen and oxygen atoms in total. The zero-order valence-corrected chi connectivity index (χ0v) is 16.3. The molecule has 1 amide bonds. The van der Waals surface area contributed by atoms with Crippen LogP contribution < -0.4 is 9.47 Å². The van der Waals surface area contributed by atoms with Gasteiger partial charge in [0.2, 0.25) is 24.4 Å². The van der Waals surface area contributed by atoms with Gasteiger partial charge in [0.1, 0.15) is 0 Å². The number of ether oxygens (including phenoxy) is 2. The van der Waals surface area contributed by atoms with Crippen molar-refractivity contribution in [1.82, 2.24) is 15.0 Å². The quantitative estimate of drug-likeness (QED) is 0.676. The molecule has 0 aliphatic carbocycles. The molecular weight excluding hydrogens is 370 g/mol. The molecule has 2 aromatic carbocycles. The molecule has 148 valence electrons. The molecule has 1 aromatic heterocycles. The van der Waals surface area contributed by atoms with E-state index in [2.05, 4.69) is 22.3 Å². The molecule has 2 aliphatic rings. The summed E-state index contributed by atoms with van der Waals surface area (Å²) >= 11 is 0. The molecule has 2 aliphatic heterocycles. The zero-order chi connectivity index (χ0) is 20.0. The minimum atomic E-state index is -0.0946. The van der Waals surface area contributed by atoms with Gasteiger partial charge in [0.05, 0.1) is 5.92 Å². The Kier molecular flexibility index (Phi) is 4.23. The van der Waals surface area contributed by atoms with Gasteiger partial charge in [-0.2, -0.15) is 4.98 Å². The van der Waals surface area contributed by atoms with Crippen molar-refractivity contribution in [3.05, 3.63) is 59.0 Å². The molecular formula is C22H21N3O4. The molecule has 7 heteroatoms. The lowest BCUT2D eigenvalue weighted by atomic mass is 10.1. The topological polar surface area (TPSA) is 77.7 Å². The van der Waals surface area contributed by atoms with E-state index in [1.807, 2.05) is 43.0 Å². The Labute approximate surface area is 168 Å². The summed E-state index contributed by atoms with van der Waals surface area (Å²) in [6, 6.07) is 11.9. The minimum absolute atomic E-state index is 0.0825. The number of nitrogens with zero attached hydrogens (tertiary/aromatic N) is 3. The molecule has 1 atom stereocenters. The van der Waals surface area contributed by atoms with Crippen molar-refractivity contribution in [2.45, 2.75) is 32.7 Å².